The van der Waals surface area contributed by atoms with Gasteiger partial charge in [-0.15, -0.1) is 0 Å². The van der Waals surface area contributed by atoms with Crippen LogP contribution in [0.1, 0.15) is 15.9 Å². The van der Waals surface area contributed by atoms with E-state index < -0.39 is 12.0 Å². The Hall–Kier alpha value is -2.60. The Morgan fingerprint density at radius 3 is 2.71 bits per heavy atom. The maximum Gasteiger partial charge on any atom is 0.335 e. The number of aromatic nitrogens is 1. The summed E-state index contributed by atoms with van der Waals surface area (Å²) in [4.78, 5) is 26.5. The van der Waals surface area contributed by atoms with Gasteiger partial charge in [0.1, 0.15) is 0 Å². The van der Waals surface area contributed by atoms with Crippen molar-refractivity contribution in [1.82, 2.24) is 10.3 Å². The minimum Gasteiger partial charge on any atom is -0.478 e. The zero-order valence-corrected chi connectivity index (χ0v) is 11.6. The predicted octanol–water partition coefficient (Wildman–Crippen LogP) is 2.75. The molecule has 7 heteroatoms. The van der Waals surface area contributed by atoms with Gasteiger partial charge in [-0.2, -0.15) is 0 Å². The van der Waals surface area contributed by atoms with E-state index in [9.17, 15) is 9.59 Å². The lowest BCUT2D eigenvalue weighted by atomic mass is 10.2. The summed E-state index contributed by atoms with van der Waals surface area (Å²) in [5.41, 5.74) is 1.26. The molecule has 2 aromatic rings. The van der Waals surface area contributed by atoms with Crippen LogP contribution < -0.4 is 10.6 Å². The van der Waals surface area contributed by atoms with Crippen LogP contribution in [-0.2, 0) is 6.54 Å². The number of nitrogens with zero attached hydrogens (tertiary/aromatic N) is 1. The zero-order valence-electron chi connectivity index (χ0n) is 10.8. The molecule has 1 heterocycles. The summed E-state index contributed by atoms with van der Waals surface area (Å²) in [6.07, 6.45) is 3.29. The van der Waals surface area contributed by atoms with E-state index in [2.05, 4.69) is 15.6 Å². The highest BCUT2D eigenvalue weighted by atomic mass is 35.5. The molecule has 2 rings (SSSR count). The molecule has 0 spiro atoms. The molecule has 0 fully saturated rings. The first kappa shape index (κ1) is 14.8. The lowest BCUT2D eigenvalue weighted by Gasteiger charge is -2.09. The van der Waals surface area contributed by atoms with Crippen LogP contribution in [0, 0.1) is 0 Å². The van der Waals surface area contributed by atoms with Crippen LogP contribution in [0.25, 0.3) is 0 Å². The molecule has 0 bridgehead atoms. The first-order valence-corrected chi connectivity index (χ1v) is 6.40. The van der Waals surface area contributed by atoms with Crippen molar-refractivity contribution in [2.24, 2.45) is 0 Å². The van der Waals surface area contributed by atoms with Crippen LogP contribution in [0.15, 0.2) is 42.7 Å². The summed E-state index contributed by atoms with van der Waals surface area (Å²) in [5.74, 6) is -1.08. The SMILES string of the molecule is O=C(NCc1cccnc1)Nc1ccc(C(=O)O)cc1Cl. The molecule has 0 aliphatic rings. The molecule has 0 saturated heterocycles. The minimum absolute atomic E-state index is 0.0568. The summed E-state index contributed by atoms with van der Waals surface area (Å²) in [5, 5.41) is 14.2. The minimum atomic E-state index is -1.08. The monoisotopic (exact) mass is 305 g/mol. The summed E-state index contributed by atoms with van der Waals surface area (Å²) in [7, 11) is 0. The average Bonchev–Trinajstić information content (AvgIpc) is 2.48. The quantitative estimate of drug-likeness (QED) is 0.810. The smallest absolute Gasteiger partial charge is 0.335 e. The lowest BCUT2D eigenvalue weighted by molar-refractivity contribution is 0.0697. The van der Waals surface area contributed by atoms with Crippen molar-refractivity contribution in [3.63, 3.8) is 0 Å². The van der Waals surface area contributed by atoms with Crippen LogP contribution in [0.4, 0.5) is 10.5 Å². The molecule has 108 valence electrons. The van der Waals surface area contributed by atoms with Crippen LogP contribution in [0.2, 0.25) is 5.02 Å². The Morgan fingerprint density at radius 1 is 1.29 bits per heavy atom. The summed E-state index contributed by atoms with van der Waals surface area (Å²) >= 11 is 5.92. The van der Waals surface area contributed by atoms with E-state index in [-0.39, 0.29) is 10.6 Å². The van der Waals surface area contributed by atoms with E-state index in [1.807, 2.05) is 6.07 Å². The molecule has 0 radical (unpaired) electrons. The average molecular weight is 306 g/mol. The number of urea groups is 1. The zero-order chi connectivity index (χ0) is 15.2. The molecule has 1 aromatic carbocycles. The Bertz CT molecular complexity index is 662. The van der Waals surface area contributed by atoms with Gasteiger partial charge in [0.2, 0.25) is 0 Å². The maximum absolute atomic E-state index is 11.7. The number of anilines is 1. The molecule has 2 amide bonds. The normalized spacial score (nSPS) is 9.95. The second-order valence-corrected chi connectivity index (χ2v) is 4.58. The third-order valence-electron chi connectivity index (χ3n) is 2.64. The van der Waals surface area contributed by atoms with E-state index >= 15 is 0 Å². The van der Waals surface area contributed by atoms with E-state index in [0.717, 1.165) is 5.56 Å². The first-order chi connectivity index (χ1) is 10.1. The highest BCUT2D eigenvalue weighted by Crippen LogP contribution is 2.22. The van der Waals surface area contributed by atoms with Gasteiger partial charge in [0.15, 0.2) is 0 Å². The molecular formula is C14H12ClN3O3. The highest BCUT2D eigenvalue weighted by Gasteiger charge is 2.09. The molecule has 0 aliphatic heterocycles. The summed E-state index contributed by atoms with van der Waals surface area (Å²) in [6.45, 7) is 0.324. The number of halogens is 1. The molecule has 3 N–H and O–H groups in total. The Kier molecular flexibility index (Phi) is 4.73. The van der Waals surface area contributed by atoms with Gasteiger partial charge in [-0.3, -0.25) is 4.98 Å². The van der Waals surface area contributed by atoms with E-state index in [1.165, 1.54) is 18.2 Å². The molecule has 1 aromatic heterocycles. The van der Waals surface area contributed by atoms with Crippen LogP contribution >= 0.6 is 11.6 Å². The van der Waals surface area contributed by atoms with Crippen molar-refractivity contribution < 1.29 is 14.7 Å². The number of hydrogen-bond acceptors (Lipinski definition) is 3. The predicted molar refractivity (Wildman–Crippen MR) is 78.5 cm³/mol. The number of rotatable bonds is 4. The fourth-order valence-electron chi connectivity index (χ4n) is 1.60. The Morgan fingerprint density at radius 2 is 2.10 bits per heavy atom. The third-order valence-corrected chi connectivity index (χ3v) is 2.95. The van der Waals surface area contributed by atoms with Gasteiger partial charge in [-0.25, -0.2) is 9.59 Å². The molecule has 0 unspecified atom stereocenters. The number of pyridine rings is 1. The third kappa shape index (κ3) is 4.19. The largest absolute Gasteiger partial charge is 0.478 e. The van der Waals surface area contributed by atoms with Gasteiger partial charge in [0.25, 0.3) is 0 Å². The van der Waals surface area contributed by atoms with Gasteiger partial charge in [-0.05, 0) is 29.8 Å². The molecule has 0 atom stereocenters. The van der Waals surface area contributed by atoms with Crippen molar-refractivity contribution in [1.29, 1.82) is 0 Å². The van der Waals surface area contributed by atoms with Crippen LogP contribution in [0.5, 0.6) is 0 Å². The molecule has 0 aliphatic carbocycles. The van der Waals surface area contributed by atoms with Gasteiger partial charge >= 0.3 is 12.0 Å². The number of aromatic carboxylic acids is 1. The number of carboxylic acid groups (broad SMARTS) is 1. The number of carbonyl (C=O) groups is 2. The first-order valence-electron chi connectivity index (χ1n) is 6.03. The second-order valence-electron chi connectivity index (χ2n) is 4.17. The lowest BCUT2D eigenvalue weighted by Crippen LogP contribution is -2.28. The fraction of sp³-hybridized carbons (Fsp3) is 0.0714. The number of carboxylic acids is 1. The summed E-state index contributed by atoms with van der Waals surface area (Å²) in [6, 6.07) is 7.25. The van der Waals surface area contributed by atoms with Gasteiger partial charge in [0, 0.05) is 18.9 Å². The van der Waals surface area contributed by atoms with Gasteiger partial charge in [-0.1, -0.05) is 17.7 Å². The van der Waals surface area contributed by atoms with Crippen LogP contribution in [0.3, 0.4) is 0 Å². The molecule has 0 saturated carbocycles. The number of hydrogen-bond donors (Lipinski definition) is 3. The molecule has 6 nitrogen and oxygen atoms in total. The van der Waals surface area contributed by atoms with Crippen molar-refractivity contribution in [2.75, 3.05) is 5.32 Å². The maximum atomic E-state index is 11.7. The van der Waals surface area contributed by atoms with E-state index in [0.29, 0.717) is 12.2 Å². The van der Waals surface area contributed by atoms with Crippen molar-refractivity contribution in [3.05, 3.63) is 58.9 Å². The van der Waals surface area contributed by atoms with Gasteiger partial charge < -0.3 is 15.7 Å². The van der Waals surface area contributed by atoms with E-state index in [1.54, 1.807) is 18.5 Å². The molecular weight excluding hydrogens is 294 g/mol. The number of carbonyl (C=O) groups excluding carboxylic acids is 1. The van der Waals surface area contributed by atoms with E-state index in [4.69, 9.17) is 16.7 Å². The van der Waals surface area contributed by atoms with Crippen molar-refractivity contribution in [2.45, 2.75) is 6.54 Å². The summed E-state index contributed by atoms with van der Waals surface area (Å²) < 4.78 is 0. The van der Waals surface area contributed by atoms with Gasteiger partial charge in [0.05, 0.1) is 16.3 Å². The number of amides is 2. The highest BCUT2D eigenvalue weighted by molar-refractivity contribution is 6.34. The molecule has 21 heavy (non-hydrogen) atoms. The van der Waals surface area contributed by atoms with Crippen LogP contribution in [-0.4, -0.2) is 22.1 Å². The van der Waals surface area contributed by atoms with Crippen molar-refractivity contribution in [3.8, 4) is 0 Å². The van der Waals surface area contributed by atoms with Crippen molar-refractivity contribution >= 4 is 29.3 Å². The number of nitrogens with one attached hydrogen (secondary N) is 2. The Balaban J connectivity index is 1.95. The number of benzene rings is 1. The Labute approximate surface area is 125 Å². The fourth-order valence-corrected chi connectivity index (χ4v) is 1.83. The standard InChI is InChI=1S/C14H12ClN3O3/c15-11-6-10(13(19)20)3-4-12(11)18-14(21)17-8-9-2-1-5-16-7-9/h1-7H,8H2,(H,19,20)(H2,17,18,21). The topological polar surface area (TPSA) is 91.3 Å². The second kappa shape index (κ2) is 6.71.